The lowest BCUT2D eigenvalue weighted by Crippen LogP contribution is -2.32. The first-order chi connectivity index (χ1) is 6.79. The fourth-order valence-corrected chi connectivity index (χ4v) is 1.01. The Hall–Kier alpha value is -1.68. The minimum absolute atomic E-state index is 0.135. The second-order valence-electron chi connectivity index (χ2n) is 2.59. The second kappa shape index (κ2) is 5.14. The molecular weight excluding hydrogens is 182 g/mol. The molecule has 14 heavy (non-hydrogen) atoms. The van der Waals surface area contributed by atoms with Crippen LogP contribution in [0, 0.1) is 0 Å². The molecule has 73 valence electrons. The molecule has 0 aromatic heterocycles. The van der Waals surface area contributed by atoms with E-state index in [4.69, 9.17) is 0 Å². The molecule has 1 aromatic rings. The van der Waals surface area contributed by atoms with E-state index in [1.54, 1.807) is 36.7 Å². The van der Waals surface area contributed by atoms with Gasteiger partial charge in [0.15, 0.2) is 0 Å². The van der Waals surface area contributed by atoms with Crippen LogP contribution in [0.25, 0.3) is 0 Å². The van der Waals surface area contributed by atoms with E-state index in [0.717, 1.165) is 4.90 Å². The highest BCUT2D eigenvalue weighted by atomic mass is 16.5. The van der Waals surface area contributed by atoms with Gasteiger partial charge in [-0.15, -0.1) is 0 Å². The standard InChI is InChI=1S/C10H10NO3/c1-14-7-10(13)11(8-12)9-5-3-2-4-6-9/h2-6H,7H2,1H3. The van der Waals surface area contributed by atoms with Gasteiger partial charge in [-0.05, 0) is 12.1 Å². The number of amides is 2. The molecule has 0 saturated heterocycles. The number of nitrogens with zero attached hydrogens (tertiary/aromatic N) is 1. The van der Waals surface area contributed by atoms with Crippen LogP contribution in [0.15, 0.2) is 30.3 Å². The first kappa shape index (κ1) is 10.4. The molecule has 0 aliphatic heterocycles. The first-order valence-electron chi connectivity index (χ1n) is 4.04. The van der Waals surface area contributed by atoms with Crippen LogP contribution in [-0.4, -0.2) is 26.0 Å². The molecule has 4 nitrogen and oxygen atoms in total. The number of carbonyl (C=O) groups excluding carboxylic acids is 2. The number of rotatable bonds is 4. The smallest absolute Gasteiger partial charge is 0.324 e. The van der Waals surface area contributed by atoms with Gasteiger partial charge in [0.1, 0.15) is 6.61 Å². The quantitative estimate of drug-likeness (QED) is 0.661. The normalized spacial score (nSPS) is 9.50. The zero-order valence-electron chi connectivity index (χ0n) is 7.77. The predicted octanol–water partition coefficient (Wildman–Crippen LogP) is 0.733. The Bertz CT molecular complexity index is 310. The number of methoxy groups -OCH3 is 1. The van der Waals surface area contributed by atoms with Crippen molar-refractivity contribution in [1.82, 2.24) is 0 Å². The van der Waals surface area contributed by atoms with E-state index in [9.17, 15) is 9.59 Å². The van der Waals surface area contributed by atoms with Gasteiger partial charge in [0, 0.05) is 7.11 Å². The number of para-hydroxylation sites is 1. The lowest BCUT2D eigenvalue weighted by atomic mass is 10.3. The third-order valence-electron chi connectivity index (χ3n) is 1.62. The largest absolute Gasteiger partial charge is 0.375 e. The minimum atomic E-state index is -0.436. The van der Waals surface area contributed by atoms with E-state index in [1.807, 2.05) is 0 Å². The van der Waals surface area contributed by atoms with Crippen LogP contribution in [0.4, 0.5) is 5.69 Å². The van der Waals surface area contributed by atoms with Gasteiger partial charge in [-0.25, -0.2) is 4.90 Å². The van der Waals surface area contributed by atoms with Crippen molar-refractivity contribution in [3.05, 3.63) is 30.3 Å². The van der Waals surface area contributed by atoms with Gasteiger partial charge >= 0.3 is 6.41 Å². The predicted molar refractivity (Wildman–Crippen MR) is 51.5 cm³/mol. The highest BCUT2D eigenvalue weighted by molar-refractivity contribution is 6.07. The third kappa shape index (κ3) is 2.40. The molecule has 1 aromatic carbocycles. The fourth-order valence-electron chi connectivity index (χ4n) is 1.01. The zero-order valence-corrected chi connectivity index (χ0v) is 7.77. The van der Waals surface area contributed by atoms with Crippen LogP contribution in [0.3, 0.4) is 0 Å². The Kier molecular flexibility index (Phi) is 3.82. The highest BCUT2D eigenvalue weighted by Crippen LogP contribution is 2.11. The number of benzene rings is 1. The Morgan fingerprint density at radius 1 is 1.43 bits per heavy atom. The maximum atomic E-state index is 11.3. The second-order valence-corrected chi connectivity index (χ2v) is 2.59. The SMILES string of the molecule is COCC(=O)N([C]=O)c1ccccc1. The first-order valence-corrected chi connectivity index (χ1v) is 4.04. The molecule has 0 atom stereocenters. The van der Waals surface area contributed by atoms with Gasteiger partial charge in [-0.3, -0.25) is 9.59 Å². The Labute approximate surface area is 82.1 Å². The van der Waals surface area contributed by atoms with Crippen molar-refractivity contribution >= 4 is 18.0 Å². The topological polar surface area (TPSA) is 46.6 Å². The van der Waals surface area contributed by atoms with Crippen LogP contribution in [0.1, 0.15) is 0 Å². The molecule has 2 amide bonds. The molecule has 0 fully saturated rings. The van der Waals surface area contributed by atoms with Crippen molar-refractivity contribution in [2.75, 3.05) is 18.6 Å². The minimum Gasteiger partial charge on any atom is -0.375 e. The number of imide groups is 1. The molecule has 0 heterocycles. The van der Waals surface area contributed by atoms with E-state index in [1.165, 1.54) is 7.11 Å². The summed E-state index contributed by atoms with van der Waals surface area (Å²) >= 11 is 0. The van der Waals surface area contributed by atoms with Gasteiger partial charge in [0.25, 0.3) is 5.91 Å². The number of hydrogen-bond acceptors (Lipinski definition) is 3. The average Bonchev–Trinajstić information content (AvgIpc) is 2.21. The van der Waals surface area contributed by atoms with E-state index in [-0.39, 0.29) is 6.61 Å². The molecule has 0 spiro atoms. The van der Waals surface area contributed by atoms with E-state index >= 15 is 0 Å². The Morgan fingerprint density at radius 3 is 2.57 bits per heavy atom. The van der Waals surface area contributed by atoms with Crippen molar-refractivity contribution in [3.63, 3.8) is 0 Å². The van der Waals surface area contributed by atoms with Gasteiger partial charge in [-0.2, -0.15) is 0 Å². The maximum Gasteiger partial charge on any atom is 0.324 e. The molecule has 0 N–H and O–H groups in total. The van der Waals surface area contributed by atoms with Crippen LogP contribution < -0.4 is 4.90 Å². The molecule has 0 aliphatic carbocycles. The summed E-state index contributed by atoms with van der Waals surface area (Å²) in [4.78, 5) is 22.8. The fraction of sp³-hybridized carbons (Fsp3) is 0.200. The van der Waals surface area contributed by atoms with Gasteiger partial charge in [-0.1, -0.05) is 18.2 Å². The lowest BCUT2D eigenvalue weighted by molar-refractivity contribution is -0.121. The van der Waals surface area contributed by atoms with Crippen molar-refractivity contribution in [2.45, 2.75) is 0 Å². The van der Waals surface area contributed by atoms with E-state index < -0.39 is 5.91 Å². The molecule has 1 rings (SSSR count). The maximum absolute atomic E-state index is 11.3. The van der Waals surface area contributed by atoms with Crippen molar-refractivity contribution in [3.8, 4) is 0 Å². The monoisotopic (exact) mass is 192 g/mol. The van der Waals surface area contributed by atoms with Crippen LogP contribution >= 0.6 is 0 Å². The molecule has 4 heteroatoms. The van der Waals surface area contributed by atoms with Gasteiger partial charge in [0.05, 0.1) is 5.69 Å². The lowest BCUT2D eigenvalue weighted by Gasteiger charge is -2.13. The van der Waals surface area contributed by atoms with E-state index in [2.05, 4.69) is 4.74 Å². The molecular formula is C10H10NO3. The summed E-state index contributed by atoms with van der Waals surface area (Å²) in [6, 6.07) is 8.57. The van der Waals surface area contributed by atoms with Crippen LogP contribution in [0.5, 0.6) is 0 Å². The number of hydrogen-bond donors (Lipinski definition) is 0. The Balaban J connectivity index is 2.82. The number of ether oxygens (including phenoxy) is 1. The molecule has 0 saturated carbocycles. The summed E-state index contributed by atoms with van der Waals surface area (Å²) in [5.74, 6) is -0.436. The summed E-state index contributed by atoms with van der Waals surface area (Å²) < 4.78 is 4.64. The summed E-state index contributed by atoms with van der Waals surface area (Å²) in [5.41, 5.74) is 0.490. The van der Waals surface area contributed by atoms with Crippen molar-refractivity contribution in [2.24, 2.45) is 0 Å². The van der Waals surface area contributed by atoms with Crippen LogP contribution in [0.2, 0.25) is 0 Å². The summed E-state index contributed by atoms with van der Waals surface area (Å²) in [6.45, 7) is -0.135. The van der Waals surface area contributed by atoms with E-state index in [0.29, 0.717) is 5.69 Å². The zero-order chi connectivity index (χ0) is 10.4. The summed E-state index contributed by atoms with van der Waals surface area (Å²) in [5, 5.41) is 0. The molecule has 0 aliphatic rings. The molecule has 0 unspecified atom stereocenters. The molecule has 0 bridgehead atoms. The summed E-state index contributed by atoms with van der Waals surface area (Å²) in [6.07, 6.45) is 1.56. The molecule has 1 radical (unpaired) electrons. The summed E-state index contributed by atoms with van der Waals surface area (Å²) in [7, 11) is 1.39. The van der Waals surface area contributed by atoms with Gasteiger partial charge < -0.3 is 4.74 Å². The van der Waals surface area contributed by atoms with Crippen LogP contribution in [-0.2, 0) is 14.3 Å². The Morgan fingerprint density at radius 2 is 2.07 bits per heavy atom. The van der Waals surface area contributed by atoms with Crippen molar-refractivity contribution < 1.29 is 14.3 Å². The number of anilines is 1. The van der Waals surface area contributed by atoms with Gasteiger partial charge in [0.2, 0.25) is 0 Å². The third-order valence-corrected chi connectivity index (χ3v) is 1.62. The number of carbonyl (C=O) groups is 1. The average molecular weight is 192 g/mol. The highest BCUT2D eigenvalue weighted by Gasteiger charge is 2.14. The van der Waals surface area contributed by atoms with Crippen molar-refractivity contribution in [1.29, 1.82) is 0 Å².